The summed E-state index contributed by atoms with van der Waals surface area (Å²) in [4.78, 5) is 17.2. The number of amides is 1. The molecule has 1 heterocycles. The number of hydrogen-bond donors (Lipinski definition) is 1. The molecule has 1 aromatic heterocycles. The molecule has 1 fully saturated rings. The Labute approximate surface area is 178 Å². The maximum Gasteiger partial charge on any atom is 0.286 e. The number of aromatic nitrogens is 1. The van der Waals surface area contributed by atoms with Crippen molar-refractivity contribution >= 4 is 5.91 Å². The lowest BCUT2D eigenvalue weighted by atomic mass is 9.49. The van der Waals surface area contributed by atoms with Crippen molar-refractivity contribution in [3.8, 4) is 11.8 Å². The highest BCUT2D eigenvalue weighted by Gasteiger charge is 2.66. The maximum absolute atomic E-state index is 13.0. The Morgan fingerprint density at radius 3 is 2.43 bits per heavy atom. The third-order valence-electron chi connectivity index (χ3n) is 6.24. The molecule has 1 saturated carbocycles. The molecule has 2 N–H and O–H groups in total. The van der Waals surface area contributed by atoms with Crippen LogP contribution in [0.3, 0.4) is 0 Å². The molecule has 1 aliphatic rings. The number of carbonyl (C=O) groups is 1. The van der Waals surface area contributed by atoms with Crippen molar-refractivity contribution in [2.24, 2.45) is 16.7 Å². The monoisotopic (exact) mass is 406 g/mol. The van der Waals surface area contributed by atoms with Crippen LogP contribution < -0.4 is 10.6 Å². The molecular formula is C24H30N4O2. The Balaban J connectivity index is 1.83. The molecule has 1 aliphatic carbocycles. The van der Waals surface area contributed by atoms with E-state index in [1.54, 1.807) is 18.3 Å². The number of hydrazine groups is 1. The Bertz CT molecular complexity index is 973. The zero-order valence-corrected chi connectivity index (χ0v) is 18.6. The van der Waals surface area contributed by atoms with Crippen LogP contribution >= 0.6 is 0 Å². The van der Waals surface area contributed by atoms with Crippen LogP contribution in [0.2, 0.25) is 0 Å². The Hall–Kier alpha value is -2.91. The van der Waals surface area contributed by atoms with Crippen LogP contribution in [0.15, 0.2) is 36.5 Å². The summed E-state index contributed by atoms with van der Waals surface area (Å²) >= 11 is 0. The van der Waals surface area contributed by atoms with Gasteiger partial charge in [0.15, 0.2) is 0 Å². The highest BCUT2D eigenvalue weighted by molar-refractivity contribution is 5.92. The summed E-state index contributed by atoms with van der Waals surface area (Å²) in [6, 6.07) is 11.1. The zero-order valence-electron chi connectivity index (χ0n) is 18.6. The highest BCUT2D eigenvalue weighted by Crippen LogP contribution is 2.57. The number of ether oxygens (including phenoxy) is 1. The fraction of sp³-hybridized carbons (Fsp3) is 0.458. The number of carbonyl (C=O) groups excluding carboxylic acids is 1. The van der Waals surface area contributed by atoms with Crippen LogP contribution in [-0.4, -0.2) is 28.0 Å². The van der Waals surface area contributed by atoms with E-state index in [-0.39, 0.29) is 28.9 Å². The fourth-order valence-electron chi connectivity index (χ4n) is 5.15. The molecule has 1 aromatic carbocycles. The second-order valence-electron chi connectivity index (χ2n) is 9.26. The van der Waals surface area contributed by atoms with E-state index in [2.05, 4.69) is 38.7 Å². The number of aryl methyl sites for hydroxylation is 2. The van der Waals surface area contributed by atoms with Crippen LogP contribution in [0, 0.1) is 29.1 Å². The predicted octanol–water partition coefficient (Wildman–Crippen LogP) is 4.02. The first-order valence-corrected chi connectivity index (χ1v) is 10.2. The molecule has 2 aromatic rings. The molecule has 30 heavy (non-hydrogen) atoms. The van der Waals surface area contributed by atoms with Crippen molar-refractivity contribution < 1.29 is 9.53 Å². The lowest BCUT2D eigenvalue weighted by Crippen LogP contribution is -2.76. The number of pyridine rings is 1. The van der Waals surface area contributed by atoms with E-state index in [1.165, 1.54) is 5.01 Å². The lowest BCUT2D eigenvalue weighted by molar-refractivity contribution is -0.199. The maximum atomic E-state index is 13.0. The van der Waals surface area contributed by atoms with Gasteiger partial charge in [-0.3, -0.25) is 14.8 Å². The molecule has 158 valence electrons. The van der Waals surface area contributed by atoms with E-state index >= 15 is 0 Å². The molecule has 0 atom stereocenters. The van der Waals surface area contributed by atoms with E-state index in [0.717, 1.165) is 23.3 Å². The zero-order chi connectivity index (χ0) is 22.3. The summed E-state index contributed by atoms with van der Waals surface area (Å²) < 4.78 is 6.39. The van der Waals surface area contributed by atoms with Crippen LogP contribution in [0.1, 0.15) is 61.8 Å². The van der Waals surface area contributed by atoms with Gasteiger partial charge in [0.1, 0.15) is 17.5 Å². The van der Waals surface area contributed by atoms with Crippen LogP contribution in [0.4, 0.5) is 0 Å². The lowest BCUT2D eigenvalue weighted by Gasteiger charge is -2.64. The first-order valence-electron chi connectivity index (χ1n) is 10.2. The van der Waals surface area contributed by atoms with Gasteiger partial charge in [0.25, 0.3) is 5.91 Å². The Morgan fingerprint density at radius 2 is 1.90 bits per heavy atom. The molecule has 6 heteroatoms. The number of nitrogens with zero attached hydrogens (tertiary/aromatic N) is 3. The molecule has 3 rings (SSSR count). The number of benzene rings is 1. The summed E-state index contributed by atoms with van der Waals surface area (Å²) in [6.07, 6.45) is 2.27. The van der Waals surface area contributed by atoms with E-state index < -0.39 is 0 Å². The summed E-state index contributed by atoms with van der Waals surface area (Å²) in [5.74, 6) is 6.76. The second-order valence-corrected chi connectivity index (χ2v) is 9.26. The molecular weight excluding hydrogens is 376 g/mol. The van der Waals surface area contributed by atoms with Gasteiger partial charge >= 0.3 is 0 Å². The van der Waals surface area contributed by atoms with Gasteiger partial charge < -0.3 is 4.74 Å². The molecule has 0 aliphatic heterocycles. The van der Waals surface area contributed by atoms with Crippen molar-refractivity contribution in [1.29, 1.82) is 5.26 Å². The minimum Gasteiger partial charge on any atom is -0.489 e. The molecule has 6 nitrogen and oxygen atoms in total. The second kappa shape index (κ2) is 7.73. The molecule has 0 unspecified atom stereocenters. The van der Waals surface area contributed by atoms with Gasteiger partial charge in [-0.2, -0.15) is 5.26 Å². The first kappa shape index (κ1) is 21.8. The summed E-state index contributed by atoms with van der Waals surface area (Å²) in [7, 11) is 0. The molecule has 1 amide bonds. The third kappa shape index (κ3) is 3.54. The van der Waals surface area contributed by atoms with Gasteiger partial charge in [-0.05, 0) is 48.7 Å². The van der Waals surface area contributed by atoms with Crippen LogP contribution in [0.25, 0.3) is 0 Å². The Kier molecular flexibility index (Phi) is 5.62. The quantitative estimate of drug-likeness (QED) is 0.460. The average molecular weight is 407 g/mol. The topological polar surface area (TPSA) is 92.2 Å². The van der Waals surface area contributed by atoms with Gasteiger partial charge in [0.2, 0.25) is 0 Å². The van der Waals surface area contributed by atoms with Crippen molar-refractivity contribution in [2.75, 3.05) is 0 Å². The molecule has 0 saturated heterocycles. The summed E-state index contributed by atoms with van der Waals surface area (Å²) in [5.41, 5.74) is 2.19. The summed E-state index contributed by atoms with van der Waals surface area (Å²) in [5, 5.41) is 10.6. The van der Waals surface area contributed by atoms with E-state index in [0.29, 0.717) is 11.3 Å². The largest absolute Gasteiger partial charge is 0.489 e. The van der Waals surface area contributed by atoms with Crippen molar-refractivity contribution in [3.63, 3.8) is 0 Å². The number of nitrogens with two attached hydrogens (primary N) is 1. The third-order valence-corrected chi connectivity index (χ3v) is 6.24. The number of rotatable bonds is 5. The van der Waals surface area contributed by atoms with E-state index in [4.69, 9.17) is 10.6 Å². The van der Waals surface area contributed by atoms with Gasteiger partial charge in [-0.25, -0.2) is 5.84 Å². The van der Waals surface area contributed by atoms with Crippen molar-refractivity contribution in [3.05, 3.63) is 58.9 Å². The van der Waals surface area contributed by atoms with Gasteiger partial charge in [-0.1, -0.05) is 40.7 Å². The van der Waals surface area contributed by atoms with Crippen LogP contribution in [-0.2, 0) is 6.42 Å². The molecule has 0 radical (unpaired) electrons. The molecule has 0 bridgehead atoms. The predicted molar refractivity (Wildman–Crippen MR) is 116 cm³/mol. The standard InChI is InChI=1S/C24H30N4O2/c1-7-16-12-18(10-9-17(16)13-25)30-22-23(3,4)21(24(22,5)6)28(26)20(29)19-11-8-15(2)14-27-19/h8-12,14,21-22H,7,26H2,1-6H3/t21-,22-. The fourth-order valence-corrected chi connectivity index (χ4v) is 5.15. The summed E-state index contributed by atoms with van der Waals surface area (Å²) in [6.45, 7) is 12.2. The van der Waals surface area contributed by atoms with E-state index in [1.807, 2.05) is 32.0 Å². The van der Waals surface area contributed by atoms with Gasteiger partial charge in [0.05, 0.1) is 17.7 Å². The average Bonchev–Trinajstić information content (AvgIpc) is 2.71. The minimum atomic E-state index is -0.376. The molecule has 0 spiro atoms. The minimum absolute atomic E-state index is 0.155. The van der Waals surface area contributed by atoms with Crippen molar-refractivity contribution in [2.45, 2.75) is 60.1 Å². The number of hydrogen-bond acceptors (Lipinski definition) is 5. The normalized spacial score (nSPS) is 21.3. The van der Waals surface area contributed by atoms with Gasteiger partial charge in [-0.15, -0.1) is 0 Å². The first-order chi connectivity index (χ1) is 14.0. The van der Waals surface area contributed by atoms with Crippen LogP contribution in [0.5, 0.6) is 5.75 Å². The van der Waals surface area contributed by atoms with Crippen molar-refractivity contribution in [1.82, 2.24) is 9.99 Å². The van der Waals surface area contributed by atoms with E-state index in [9.17, 15) is 10.1 Å². The SMILES string of the molecule is CCc1cc(O[C@H]2C(C)(C)[C@H](N(N)C(=O)c3ccc(C)cn3)C2(C)C)ccc1C#N. The highest BCUT2D eigenvalue weighted by atomic mass is 16.5. The smallest absolute Gasteiger partial charge is 0.286 e. The number of nitriles is 1. The van der Waals surface area contributed by atoms with Gasteiger partial charge in [0, 0.05) is 17.0 Å². The Morgan fingerprint density at radius 1 is 1.23 bits per heavy atom.